The van der Waals surface area contributed by atoms with Gasteiger partial charge in [0, 0.05) is 19.6 Å². The Labute approximate surface area is 160 Å². The van der Waals surface area contributed by atoms with Gasteiger partial charge in [0.1, 0.15) is 18.1 Å². The van der Waals surface area contributed by atoms with Crippen molar-refractivity contribution in [2.45, 2.75) is 11.3 Å². The van der Waals surface area contributed by atoms with Crippen LogP contribution in [0.5, 0.6) is 11.5 Å². The van der Waals surface area contributed by atoms with Crippen molar-refractivity contribution in [1.29, 1.82) is 0 Å². The first kappa shape index (κ1) is 20.5. The van der Waals surface area contributed by atoms with Crippen molar-refractivity contribution in [2.24, 2.45) is 5.73 Å². The summed E-state index contributed by atoms with van der Waals surface area (Å²) in [5, 5.41) is 0. The highest BCUT2D eigenvalue weighted by molar-refractivity contribution is 7.89. The second kappa shape index (κ2) is 9.23. The number of halogens is 1. The van der Waals surface area contributed by atoms with Crippen molar-refractivity contribution in [3.8, 4) is 11.5 Å². The minimum Gasteiger partial charge on any atom is -0.486 e. The second-order valence-corrected chi connectivity index (χ2v) is 7.62. The second-order valence-electron chi connectivity index (χ2n) is 5.71. The normalized spacial score (nSPS) is 13.3. The number of rotatable bonds is 7. The van der Waals surface area contributed by atoms with Gasteiger partial charge in [0.15, 0.2) is 11.5 Å². The maximum atomic E-state index is 13.2. The van der Waals surface area contributed by atoms with Crippen LogP contribution in [0.25, 0.3) is 0 Å². The van der Waals surface area contributed by atoms with E-state index in [-0.39, 0.29) is 36.1 Å². The van der Waals surface area contributed by atoms with Gasteiger partial charge in [-0.05, 0) is 24.1 Å². The molecular weight excluding hydrogens is 376 g/mol. The molecule has 1 heterocycles. The Hall–Kier alpha value is -1.80. The van der Waals surface area contributed by atoms with E-state index in [1.807, 2.05) is 30.3 Å². The van der Waals surface area contributed by atoms with Crippen LogP contribution in [0, 0.1) is 0 Å². The molecule has 2 N–H and O–H groups in total. The molecule has 142 valence electrons. The summed E-state index contributed by atoms with van der Waals surface area (Å²) in [7, 11) is -3.73. The lowest BCUT2D eigenvalue weighted by atomic mass is 10.1. The molecule has 0 saturated carbocycles. The molecule has 0 radical (unpaired) electrons. The summed E-state index contributed by atoms with van der Waals surface area (Å²) in [6, 6.07) is 14.7. The van der Waals surface area contributed by atoms with Crippen molar-refractivity contribution in [3.63, 3.8) is 0 Å². The molecule has 0 spiro atoms. The Morgan fingerprint density at radius 3 is 2.42 bits per heavy atom. The average Bonchev–Trinajstić information content (AvgIpc) is 2.65. The fourth-order valence-electron chi connectivity index (χ4n) is 2.78. The van der Waals surface area contributed by atoms with Gasteiger partial charge in [0.05, 0.1) is 0 Å². The molecule has 8 heteroatoms. The van der Waals surface area contributed by atoms with E-state index in [4.69, 9.17) is 15.2 Å². The monoisotopic (exact) mass is 398 g/mol. The standard InChI is InChI=1S/C18H22N2O4S.ClH/c19-10-12-20(11-9-15-5-2-1-3-6-15)25(21,22)17-8-4-7-16-18(17)24-14-13-23-16;/h1-8H,9-14,19H2;1H. The highest BCUT2D eigenvalue weighted by Gasteiger charge is 2.30. The number of nitrogens with zero attached hydrogens (tertiary/aromatic N) is 1. The Bertz CT molecular complexity index is 815. The van der Waals surface area contributed by atoms with Crippen LogP contribution in [-0.2, 0) is 16.4 Å². The first-order chi connectivity index (χ1) is 12.1. The molecule has 2 aromatic carbocycles. The maximum Gasteiger partial charge on any atom is 0.246 e. The van der Waals surface area contributed by atoms with Crippen LogP contribution in [0.15, 0.2) is 53.4 Å². The largest absolute Gasteiger partial charge is 0.486 e. The fourth-order valence-corrected chi connectivity index (χ4v) is 4.38. The van der Waals surface area contributed by atoms with Gasteiger partial charge in [0.25, 0.3) is 0 Å². The number of para-hydroxylation sites is 1. The third-order valence-corrected chi connectivity index (χ3v) is 5.94. The number of sulfonamides is 1. The molecule has 26 heavy (non-hydrogen) atoms. The number of benzene rings is 2. The molecule has 6 nitrogen and oxygen atoms in total. The molecule has 0 bridgehead atoms. The van der Waals surface area contributed by atoms with Crippen LogP contribution in [-0.4, -0.2) is 45.6 Å². The lowest BCUT2D eigenvalue weighted by Gasteiger charge is -2.25. The van der Waals surface area contributed by atoms with Crippen molar-refractivity contribution < 1.29 is 17.9 Å². The first-order valence-corrected chi connectivity index (χ1v) is 9.69. The number of nitrogens with two attached hydrogens (primary N) is 1. The molecule has 1 aliphatic rings. The number of fused-ring (bicyclic) bond motifs is 1. The van der Waals surface area contributed by atoms with Crippen molar-refractivity contribution in [3.05, 3.63) is 54.1 Å². The van der Waals surface area contributed by atoms with Gasteiger partial charge >= 0.3 is 0 Å². The third kappa shape index (κ3) is 4.48. The van der Waals surface area contributed by atoms with Gasteiger partial charge in [-0.25, -0.2) is 8.42 Å². The summed E-state index contributed by atoms with van der Waals surface area (Å²) < 4.78 is 38.8. The zero-order valence-electron chi connectivity index (χ0n) is 14.3. The van der Waals surface area contributed by atoms with Crippen LogP contribution in [0.3, 0.4) is 0 Å². The number of ether oxygens (including phenoxy) is 2. The van der Waals surface area contributed by atoms with Gasteiger partial charge in [-0.2, -0.15) is 4.31 Å². The fraction of sp³-hybridized carbons (Fsp3) is 0.333. The van der Waals surface area contributed by atoms with Gasteiger partial charge < -0.3 is 15.2 Å². The molecule has 1 aliphatic heterocycles. The summed E-state index contributed by atoms with van der Waals surface area (Å²) >= 11 is 0. The molecule has 0 saturated heterocycles. The predicted octanol–water partition coefficient (Wildman–Crippen LogP) is 2.07. The van der Waals surface area contributed by atoms with E-state index in [1.54, 1.807) is 18.2 Å². The summed E-state index contributed by atoms with van der Waals surface area (Å²) in [6.07, 6.45) is 0.618. The first-order valence-electron chi connectivity index (χ1n) is 8.25. The zero-order chi connectivity index (χ0) is 17.7. The average molecular weight is 399 g/mol. The quantitative estimate of drug-likeness (QED) is 0.772. The summed E-state index contributed by atoms with van der Waals surface area (Å²) in [4.78, 5) is 0.131. The Balaban J connectivity index is 0.00000243. The van der Waals surface area contributed by atoms with Crippen LogP contribution in [0.4, 0.5) is 0 Å². The SMILES string of the molecule is Cl.NCCN(CCc1ccccc1)S(=O)(=O)c1cccc2c1OCCO2. The lowest BCUT2D eigenvalue weighted by Crippen LogP contribution is -2.37. The molecule has 0 aromatic heterocycles. The van der Waals surface area contributed by atoms with E-state index < -0.39 is 10.0 Å². The van der Waals surface area contributed by atoms with Crippen LogP contribution >= 0.6 is 12.4 Å². The van der Waals surface area contributed by atoms with E-state index in [0.717, 1.165) is 5.56 Å². The maximum absolute atomic E-state index is 13.2. The Morgan fingerprint density at radius 1 is 0.962 bits per heavy atom. The molecule has 0 aliphatic carbocycles. The van der Waals surface area contributed by atoms with E-state index in [0.29, 0.717) is 31.9 Å². The Kier molecular flexibility index (Phi) is 7.28. The Morgan fingerprint density at radius 2 is 1.69 bits per heavy atom. The van der Waals surface area contributed by atoms with E-state index in [2.05, 4.69) is 0 Å². The van der Waals surface area contributed by atoms with E-state index in [1.165, 1.54) is 4.31 Å². The number of hydrogen-bond acceptors (Lipinski definition) is 5. The third-order valence-electron chi connectivity index (χ3n) is 4.02. The van der Waals surface area contributed by atoms with Gasteiger partial charge in [0.2, 0.25) is 10.0 Å². The molecule has 0 fully saturated rings. The summed E-state index contributed by atoms with van der Waals surface area (Å²) in [5.41, 5.74) is 6.73. The smallest absolute Gasteiger partial charge is 0.246 e. The zero-order valence-corrected chi connectivity index (χ0v) is 16.0. The van der Waals surface area contributed by atoms with Crippen LogP contribution in [0.1, 0.15) is 5.56 Å². The van der Waals surface area contributed by atoms with Crippen molar-refractivity contribution in [2.75, 3.05) is 32.8 Å². The highest BCUT2D eigenvalue weighted by Crippen LogP contribution is 2.37. The van der Waals surface area contributed by atoms with Gasteiger partial charge in [-0.3, -0.25) is 0 Å². The lowest BCUT2D eigenvalue weighted by molar-refractivity contribution is 0.166. The minimum atomic E-state index is -3.73. The van der Waals surface area contributed by atoms with E-state index >= 15 is 0 Å². The predicted molar refractivity (Wildman–Crippen MR) is 103 cm³/mol. The molecule has 0 unspecified atom stereocenters. The minimum absolute atomic E-state index is 0. The molecular formula is C18H23ClN2O4S. The molecule has 0 amide bonds. The van der Waals surface area contributed by atoms with Crippen molar-refractivity contribution >= 4 is 22.4 Å². The van der Waals surface area contributed by atoms with Gasteiger partial charge in [-0.1, -0.05) is 36.4 Å². The van der Waals surface area contributed by atoms with Crippen LogP contribution in [0.2, 0.25) is 0 Å². The molecule has 0 atom stereocenters. The van der Waals surface area contributed by atoms with Gasteiger partial charge in [-0.15, -0.1) is 12.4 Å². The highest BCUT2D eigenvalue weighted by atomic mass is 35.5. The van der Waals surface area contributed by atoms with Crippen LogP contribution < -0.4 is 15.2 Å². The molecule has 2 aromatic rings. The summed E-state index contributed by atoms with van der Waals surface area (Å²) in [6.45, 7) is 1.60. The van der Waals surface area contributed by atoms with Crippen molar-refractivity contribution in [1.82, 2.24) is 4.31 Å². The number of hydrogen-bond donors (Lipinski definition) is 1. The molecule has 3 rings (SSSR count). The summed E-state index contributed by atoms with van der Waals surface area (Å²) in [5.74, 6) is 0.749. The topological polar surface area (TPSA) is 81.9 Å². The van der Waals surface area contributed by atoms with E-state index in [9.17, 15) is 8.42 Å².